The molecule has 1 aliphatic heterocycles. The van der Waals surface area contributed by atoms with Crippen molar-refractivity contribution in [2.45, 2.75) is 58.0 Å². The minimum Gasteiger partial charge on any atom is -0.337 e. The van der Waals surface area contributed by atoms with E-state index in [1.807, 2.05) is 16.2 Å². The highest BCUT2D eigenvalue weighted by Crippen LogP contribution is 2.26. The van der Waals surface area contributed by atoms with Crippen LogP contribution in [0.3, 0.4) is 0 Å². The van der Waals surface area contributed by atoms with Gasteiger partial charge in [-0.25, -0.2) is 0 Å². The number of carbonyl (C=O) groups excluding carboxylic acids is 1. The van der Waals surface area contributed by atoms with E-state index < -0.39 is 0 Å². The molecule has 1 fully saturated rings. The second-order valence-corrected chi connectivity index (χ2v) is 7.50. The van der Waals surface area contributed by atoms with Crippen LogP contribution in [0.5, 0.6) is 0 Å². The van der Waals surface area contributed by atoms with Crippen molar-refractivity contribution in [3.05, 3.63) is 21.9 Å². The van der Waals surface area contributed by atoms with E-state index in [1.165, 1.54) is 42.5 Å². The Morgan fingerprint density at radius 2 is 2.24 bits per heavy atom. The van der Waals surface area contributed by atoms with Gasteiger partial charge in [0.1, 0.15) is 0 Å². The molecule has 2 aliphatic rings. The molecule has 21 heavy (non-hydrogen) atoms. The van der Waals surface area contributed by atoms with Crippen LogP contribution in [0.15, 0.2) is 11.4 Å². The third-order valence-corrected chi connectivity index (χ3v) is 6.12. The molecule has 0 spiro atoms. The Labute approximate surface area is 131 Å². The number of nitrogens with zero attached hydrogens (tertiary/aromatic N) is 1. The minimum atomic E-state index is 0.259. The number of amides is 1. The lowest BCUT2D eigenvalue weighted by Gasteiger charge is -2.30. The Kier molecular flexibility index (Phi) is 4.96. The van der Waals surface area contributed by atoms with Gasteiger partial charge in [-0.3, -0.25) is 4.79 Å². The van der Waals surface area contributed by atoms with E-state index in [0.29, 0.717) is 12.6 Å². The zero-order valence-corrected chi connectivity index (χ0v) is 13.8. The van der Waals surface area contributed by atoms with Crippen molar-refractivity contribution in [2.24, 2.45) is 5.92 Å². The van der Waals surface area contributed by atoms with Gasteiger partial charge < -0.3 is 10.2 Å². The van der Waals surface area contributed by atoms with Crippen LogP contribution in [-0.2, 0) is 17.8 Å². The first-order chi connectivity index (χ1) is 10.2. The highest BCUT2D eigenvalue weighted by atomic mass is 32.1. The number of nitrogens with one attached hydrogen (secondary N) is 1. The van der Waals surface area contributed by atoms with Crippen molar-refractivity contribution in [2.75, 3.05) is 13.1 Å². The zero-order valence-electron chi connectivity index (χ0n) is 12.9. The maximum absolute atomic E-state index is 12.4. The molecule has 1 N–H and O–H groups in total. The summed E-state index contributed by atoms with van der Waals surface area (Å²) in [5.74, 6) is 1.02. The highest BCUT2D eigenvalue weighted by molar-refractivity contribution is 7.10. The van der Waals surface area contributed by atoms with E-state index in [2.05, 4.69) is 23.7 Å². The first-order valence-electron chi connectivity index (χ1n) is 8.30. The van der Waals surface area contributed by atoms with Crippen molar-refractivity contribution >= 4 is 17.2 Å². The van der Waals surface area contributed by atoms with Gasteiger partial charge in [0.05, 0.1) is 6.54 Å². The molecular formula is C17H26N2OS. The molecule has 1 saturated carbocycles. The van der Waals surface area contributed by atoms with E-state index in [-0.39, 0.29) is 5.91 Å². The third kappa shape index (κ3) is 3.67. The summed E-state index contributed by atoms with van der Waals surface area (Å²) in [5.41, 5.74) is 1.35. The molecule has 3 rings (SSSR count). The van der Waals surface area contributed by atoms with Crippen LogP contribution in [0.2, 0.25) is 0 Å². The molecule has 1 aromatic rings. The molecule has 1 aliphatic carbocycles. The summed E-state index contributed by atoms with van der Waals surface area (Å²) in [5, 5.41) is 5.62. The Hall–Kier alpha value is -0.870. The second kappa shape index (κ2) is 6.93. The van der Waals surface area contributed by atoms with Crippen molar-refractivity contribution in [3.63, 3.8) is 0 Å². The van der Waals surface area contributed by atoms with Crippen LogP contribution in [0.4, 0.5) is 0 Å². The number of thiophene rings is 1. The molecule has 116 valence electrons. The maximum atomic E-state index is 12.4. The average molecular weight is 306 g/mol. The number of hydrogen-bond acceptors (Lipinski definition) is 3. The molecule has 0 aromatic carbocycles. The second-order valence-electron chi connectivity index (χ2n) is 6.50. The van der Waals surface area contributed by atoms with Crippen LogP contribution < -0.4 is 5.32 Å². The highest BCUT2D eigenvalue weighted by Gasteiger charge is 2.23. The number of rotatable bonds is 4. The molecule has 0 saturated heterocycles. The molecule has 3 nitrogen and oxygen atoms in total. The largest absolute Gasteiger partial charge is 0.337 e. The van der Waals surface area contributed by atoms with E-state index >= 15 is 0 Å². The normalized spacial score (nSPS) is 21.1. The first kappa shape index (κ1) is 15.0. The number of fused-ring (bicyclic) bond motifs is 1. The lowest BCUT2D eigenvalue weighted by molar-refractivity contribution is -0.131. The smallest absolute Gasteiger partial charge is 0.236 e. The summed E-state index contributed by atoms with van der Waals surface area (Å²) in [6.45, 7) is 4.43. The summed E-state index contributed by atoms with van der Waals surface area (Å²) in [4.78, 5) is 15.9. The molecule has 0 bridgehead atoms. The van der Waals surface area contributed by atoms with Gasteiger partial charge in [0.2, 0.25) is 5.91 Å². The van der Waals surface area contributed by atoms with Gasteiger partial charge >= 0.3 is 0 Å². The van der Waals surface area contributed by atoms with Crippen molar-refractivity contribution in [1.29, 1.82) is 0 Å². The molecule has 1 aromatic heterocycles. The first-order valence-corrected chi connectivity index (χ1v) is 9.18. The van der Waals surface area contributed by atoms with Crippen molar-refractivity contribution in [1.82, 2.24) is 10.2 Å². The molecular weight excluding hydrogens is 280 g/mol. The van der Waals surface area contributed by atoms with Gasteiger partial charge in [0.15, 0.2) is 0 Å². The monoisotopic (exact) mass is 306 g/mol. The Bertz CT molecular complexity index is 479. The van der Waals surface area contributed by atoms with Crippen LogP contribution in [0.25, 0.3) is 0 Å². The summed E-state index contributed by atoms with van der Waals surface area (Å²) in [6.07, 6.45) is 7.78. The standard InChI is InChI=1S/C17H26N2OS/c1-13(14-5-3-2-4-6-14)18-11-17(20)19-9-7-16-15(12-19)8-10-21-16/h8,10,13-14,18H,2-7,9,11-12H2,1H3. The van der Waals surface area contributed by atoms with E-state index in [9.17, 15) is 4.79 Å². The molecule has 1 amide bonds. The number of carbonyl (C=O) groups is 1. The lowest BCUT2D eigenvalue weighted by Crippen LogP contribution is -2.44. The van der Waals surface area contributed by atoms with Crippen molar-refractivity contribution < 1.29 is 4.79 Å². The quantitative estimate of drug-likeness (QED) is 0.926. The van der Waals surface area contributed by atoms with Gasteiger partial charge in [0.25, 0.3) is 0 Å². The van der Waals surface area contributed by atoms with Gasteiger partial charge in [0, 0.05) is 24.0 Å². The molecule has 4 heteroatoms. The SMILES string of the molecule is CC(NCC(=O)N1CCc2sccc2C1)C1CCCCC1. The van der Waals surface area contributed by atoms with Gasteiger partial charge in [-0.15, -0.1) is 11.3 Å². The fraction of sp³-hybridized carbons (Fsp3) is 0.706. The molecule has 0 radical (unpaired) electrons. The number of hydrogen-bond donors (Lipinski definition) is 1. The fourth-order valence-electron chi connectivity index (χ4n) is 3.62. The topological polar surface area (TPSA) is 32.3 Å². The third-order valence-electron chi connectivity index (χ3n) is 5.09. The van der Waals surface area contributed by atoms with E-state index in [0.717, 1.165) is 25.4 Å². The summed E-state index contributed by atoms with van der Waals surface area (Å²) in [6, 6.07) is 2.63. The van der Waals surface area contributed by atoms with Crippen LogP contribution in [0.1, 0.15) is 49.5 Å². The van der Waals surface area contributed by atoms with Gasteiger partial charge in [-0.2, -0.15) is 0 Å². The molecule has 2 heterocycles. The van der Waals surface area contributed by atoms with E-state index in [4.69, 9.17) is 0 Å². The molecule has 1 unspecified atom stereocenters. The van der Waals surface area contributed by atoms with Crippen LogP contribution >= 0.6 is 11.3 Å². The van der Waals surface area contributed by atoms with E-state index in [1.54, 1.807) is 0 Å². The van der Waals surface area contributed by atoms with Gasteiger partial charge in [-0.05, 0) is 49.1 Å². The summed E-state index contributed by atoms with van der Waals surface area (Å²) < 4.78 is 0. The minimum absolute atomic E-state index is 0.259. The Morgan fingerprint density at radius 1 is 1.43 bits per heavy atom. The predicted molar refractivity (Wildman–Crippen MR) is 87.5 cm³/mol. The summed E-state index contributed by atoms with van der Waals surface area (Å²) in [7, 11) is 0. The van der Waals surface area contributed by atoms with Crippen molar-refractivity contribution in [3.8, 4) is 0 Å². The molecule has 1 atom stereocenters. The lowest BCUT2D eigenvalue weighted by atomic mass is 9.84. The zero-order chi connectivity index (χ0) is 14.7. The predicted octanol–water partition coefficient (Wildman–Crippen LogP) is 3.19. The maximum Gasteiger partial charge on any atom is 0.236 e. The average Bonchev–Trinajstić information content (AvgIpc) is 3.00. The Balaban J connectivity index is 1.46. The van der Waals surface area contributed by atoms with Gasteiger partial charge in [-0.1, -0.05) is 19.3 Å². The fourth-order valence-corrected chi connectivity index (χ4v) is 4.51. The Morgan fingerprint density at radius 3 is 3.05 bits per heavy atom. The summed E-state index contributed by atoms with van der Waals surface area (Å²) >= 11 is 1.82. The van der Waals surface area contributed by atoms with Crippen LogP contribution in [0, 0.1) is 5.92 Å². The van der Waals surface area contributed by atoms with Crippen LogP contribution in [-0.4, -0.2) is 29.9 Å².